The van der Waals surface area contributed by atoms with Gasteiger partial charge in [0.05, 0.1) is 12.8 Å². The molecule has 1 aromatic heterocycles. The molecule has 0 spiro atoms. The Hall–Kier alpha value is -2.01. The lowest BCUT2D eigenvalue weighted by atomic mass is 10.2. The molecule has 0 radical (unpaired) electrons. The summed E-state index contributed by atoms with van der Waals surface area (Å²) < 4.78 is 13.1. The third kappa shape index (κ3) is 3.98. The van der Waals surface area contributed by atoms with Gasteiger partial charge >= 0.3 is 0 Å². The van der Waals surface area contributed by atoms with Gasteiger partial charge in [0.2, 0.25) is 0 Å². The Morgan fingerprint density at radius 3 is 2.71 bits per heavy atom. The lowest BCUT2D eigenvalue weighted by Crippen LogP contribution is -2.08. The summed E-state index contributed by atoms with van der Waals surface area (Å²) in [5, 5.41) is 7.62. The molecule has 21 heavy (non-hydrogen) atoms. The van der Waals surface area contributed by atoms with E-state index < -0.39 is 0 Å². The van der Waals surface area contributed by atoms with Crippen LogP contribution in [-0.4, -0.2) is 23.9 Å². The van der Waals surface area contributed by atoms with Crippen molar-refractivity contribution in [1.29, 1.82) is 0 Å². The van der Waals surface area contributed by atoms with Crippen LogP contribution >= 0.6 is 0 Å². The fraction of sp³-hybridized carbons (Fsp3) is 0.438. The fourth-order valence-corrected chi connectivity index (χ4v) is 2.05. The minimum Gasteiger partial charge on any atom is -0.497 e. The number of benzene rings is 1. The van der Waals surface area contributed by atoms with Crippen LogP contribution in [0.15, 0.2) is 30.5 Å². The summed E-state index contributed by atoms with van der Waals surface area (Å²) in [6, 6.07) is 8.17. The number of nitrogens with zero attached hydrogens (tertiary/aromatic N) is 2. The van der Waals surface area contributed by atoms with E-state index in [1.165, 1.54) is 0 Å². The molecule has 5 heteroatoms. The number of nitrogens with one attached hydrogen (secondary N) is 1. The van der Waals surface area contributed by atoms with Gasteiger partial charge < -0.3 is 14.8 Å². The molecule has 0 aliphatic carbocycles. The monoisotopic (exact) mass is 289 g/mol. The number of ether oxygens (including phenoxy) is 2. The van der Waals surface area contributed by atoms with Crippen molar-refractivity contribution in [3.8, 4) is 11.5 Å². The molecule has 0 bridgehead atoms. The SMILES string of the molecule is CNCc1cc(OC)ccc1OCc1ccn(C(C)C)n1. The second kappa shape index (κ2) is 7.13. The Morgan fingerprint density at radius 2 is 2.10 bits per heavy atom. The zero-order valence-corrected chi connectivity index (χ0v) is 13.1. The van der Waals surface area contributed by atoms with Gasteiger partial charge in [0.15, 0.2) is 0 Å². The average molecular weight is 289 g/mol. The van der Waals surface area contributed by atoms with Crippen LogP contribution in [0.3, 0.4) is 0 Å². The molecule has 1 N–H and O–H groups in total. The summed E-state index contributed by atoms with van der Waals surface area (Å²) in [6.07, 6.45) is 1.98. The largest absolute Gasteiger partial charge is 0.497 e. The van der Waals surface area contributed by atoms with Crippen molar-refractivity contribution in [2.75, 3.05) is 14.2 Å². The Labute approximate surface area is 125 Å². The van der Waals surface area contributed by atoms with Gasteiger partial charge in [0.25, 0.3) is 0 Å². The quantitative estimate of drug-likeness (QED) is 0.851. The van der Waals surface area contributed by atoms with Gasteiger partial charge in [-0.05, 0) is 45.2 Å². The molecule has 2 rings (SSSR count). The highest BCUT2D eigenvalue weighted by molar-refractivity contribution is 5.40. The van der Waals surface area contributed by atoms with Crippen molar-refractivity contribution >= 4 is 0 Å². The lowest BCUT2D eigenvalue weighted by Gasteiger charge is -2.12. The molecular weight excluding hydrogens is 266 g/mol. The maximum atomic E-state index is 5.90. The Balaban J connectivity index is 2.07. The summed E-state index contributed by atoms with van der Waals surface area (Å²) in [5.74, 6) is 1.68. The molecule has 0 saturated heterocycles. The van der Waals surface area contributed by atoms with Crippen molar-refractivity contribution in [2.45, 2.75) is 33.0 Å². The van der Waals surface area contributed by atoms with Crippen LogP contribution in [-0.2, 0) is 13.2 Å². The summed E-state index contributed by atoms with van der Waals surface area (Å²) in [7, 11) is 3.57. The van der Waals surface area contributed by atoms with Gasteiger partial charge in [0.1, 0.15) is 18.1 Å². The van der Waals surface area contributed by atoms with Crippen LogP contribution in [0.4, 0.5) is 0 Å². The van der Waals surface area contributed by atoms with Crippen LogP contribution in [0.1, 0.15) is 31.1 Å². The van der Waals surface area contributed by atoms with Gasteiger partial charge in [-0.2, -0.15) is 5.10 Å². The minimum absolute atomic E-state index is 0.361. The molecule has 1 aromatic carbocycles. The molecule has 0 unspecified atom stereocenters. The van der Waals surface area contributed by atoms with Crippen molar-refractivity contribution in [3.63, 3.8) is 0 Å². The molecule has 0 atom stereocenters. The third-order valence-corrected chi connectivity index (χ3v) is 3.20. The van der Waals surface area contributed by atoms with Gasteiger partial charge in [-0.25, -0.2) is 0 Å². The molecule has 0 aliphatic rings. The maximum Gasteiger partial charge on any atom is 0.132 e. The fourth-order valence-electron chi connectivity index (χ4n) is 2.05. The first-order valence-electron chi connectivity index (χ1n) is 7.12. The first-order valence-corrected chi connectivity index (χ1v) is 7.12. The predicted octanol–water partition coefficient (Wildman–Crippen LogP) is 2.77. The Kier molecular flexibility index (Phi) is 5.22. The number of hydrogen-bond acceptors (Lipinski definition) is 4. The number of hydrogen-bond donors (Lipinski definition) is 1. The highest BCUT2D eigenvalue weighted by Crippen LogP contribution is 2.24. The van der Waals surface area contributed by atoms with E-state index >= 15 is 0 Å². The normalized spacial score (nSPS) is 10.9. The van der Waals surface area contributed by atoms with Gasteiger partial charge in [-0.3, -0.25) is 4.68 Å². The van der Waals surface area contributed by atoms with E-state index in [9.17, 15) is 0 Å². The first-order chi connectivity index (χ1) is 10.1. The molecule has 0 aliphatic heterocycles. The van der Waals surface area contributed by atoms with Crippen molar-refractivity contribution < 1.29 is 9.47 Å². The van der Waals surface area contributed by atoms with E-state index in [-0.39, 0.29) is 0 Å². The van der Waals surface area contributed by atoms with E-state index in [2.05, 4.69) is 24.3 Å². The highest BCUT2D eigenvalue weighted by atomic mass is 16.5. The van der Waals surface area contributed by atoms with Crippen molar-refractivity contribution in [1.82, 2.24) is 15.1 Å². The first kappa shape index (κ1) is 15.4. The van der Waals surface area contributed by atoms with Crippen LogP contribution < -0.4 is 14.8 Å². The Bertz CT molecular complexity index is 579. The zero-order chi connectivity index (χ0) is 15.2. The van der Waals surface area contributed by atoms with Crippen molar-refractivity contribution in [3.05, 3.63) is 41.7 Å². The standard InChI is InChI=1S/C16H23N3O2/c1-12(2)19-8-7-14(18-19)11-21-16-6-5-15(20-4)9-13(16)10-17-3/h5-9,12,17H,10-11H2,1-4H3. The van der Waals surface area contributed by atoms with Crippen LogP contribution in [0.5, 0.6) is 11.5 Å². The molecule has 114 valence electrons. The number of methoxy groups -OCH3 is 1. The summed E-state index contributed by atoms with van der Waals surface area (Å²) >= 11 is 0. The third-order valence-electron chi connectivity index (χ3n) is 3.20. The maximum absolute atomic E-state index is 5.90. The van der Waals surface area contributed by atoms with Gasteiger partial charge in [0, 0.05) is 24.3 Å². The van der Waals surface area contributed by atoms with E-state index in [1.807, 2.05) is 42.2 Å². The summed E-state index contributed by atoms with van der Waals surface area (Å²) in [5.41, 5.74) is 2.00. The second-order valence-electron chi connectivity index (χ2n) is 5.17. The van der Waals surface area contributed by atoms with E-state index in [4.69, 9.17) is 9.47 Å². The van der Waals surface area contributed by atoms with E-state index in [0.29, 0.717) is 12.6 Å². The van der Waals surface area contributed by atoms with Crippen LogP contribution in [0, 0.1) is 0 Å². The summed E-state index contributed by atoms with van der Waals surface area (Å²) in [6.45, 7) is 5.40. The number of rotatable bonds is 7. The van der Waals surface area contributed by atoms with Gasteiger partial charge in [-0.15, -0.1) is 0 Å². The molecule has 0 fully saturated rings. The molecule has 0 amide bonds. The molecule has 1 heterocycles. The van der Waals surface area contributed by atoms with Crippen LogP contribution in [0.2, 0.25) is 0 Å². The second-order valence-corrected chi connectivity index (χ2v) is 5.17. The molecule has 5 nitrogen and oxygen atoms in total. The number of aromatic nitrogens is 2. The average Bonchev–Trinajstić information content (AvgIpc) is 2.95. The topological polar surface area (TPSA) is 48.3 Å². The highest BCUT2D eigenvalue weighted by Gasteiger charge is 2.07. The van der Waals surface area contributed by atoms with E-state index in [0.717, 1.165) is 29.3 Å². The minimum atomic E-state index is 0.361. The summed E-state index contributed by atoms with van der Waals surface area (Å²) in [4.78, 5) is 0. The van der Waals surface area contributed by atoms with Crippen molar-refractivity contribution in [2.24, 2.45) is 0 Å². The smallest absolute Gasteiger partial charge is 0.132 e. The van der Waals surface area contributed by atoms with Crippen LogP contribution in [0.25, 0.3) is 0 Å². The molecule has 2 aromatic rings. The molecule has 0 saturated carbocycles. The van der Waals surface area contributed by atoms with Gasteiger partial charge in [-0.1, -0.05) is 0 Å². The van der Waals surface area contributed by atoms with E-state index in [1.54, 1.807) is 7.11 Å². The lowest BCUT2D eigenvalue weighted by molar-refractivity contribution is 0.294. The molecular formula is C16H23N3O2. The Morgan fingerprint density at radius 1 is 1.29 bits per heavy atom. The zero-order valence-electron chi connectivity index (χ0n) is 13.1. The predicted molar refractivity (Wildman–Crippen MR) is 82.7 cm³/mol.